The molecule has 128 valence electrons. The Morgan fingerprint density at radius 3 is 3.08 bits per heavy atom. The van der Waals surface area contributed by atoms with E-state index in [1.165, 1.54) is 0 Å². The van der Waals surface area contributed by atoms with E-state index in [-0.39, 0.29) is 11.9 Å². The molecule has 0 radical (unpaired) electrons. The average molecular weight is 392 g/mol. The van der Waals surface area contributed by atoms with Crippen LogP contribution in [0.2, 0.25) is 0 Å². The van der Waals surface area contributed by atoms with E-state index in [1.54, 1.807) is 6.20 Å². The summed E-state index contributed by atoms with van der Waals surface area (Å²) in [6.45, 7) is 3.11. The first-order valence-corrected chi connectivity index (χ1v) is 9.13. The van der Waals surface area contributed by atoms with Gasteiger partial charge in [0.15, 0.2) is 11.7 Å². The smallest absolute Gasteiger partial charge is 0.220 e. The number of nitrogens with zero attached hydrogens (tertiary/aromatic N) is 1. The van der Waals surface area contributed by atoms with Gasteiger partial charge in [0.2, 0.25) is 5.91 Å². The van der Waals surface area contributed by atoms with Gasteiger partial charge in [-0.25, -0.2) is 4.98 Å². The lowest BCUT2D eigenvalue weighted by atomic mass is 10.0. The van der Waals surface area contributed by atoms with Crippen LogP contribution in [-0.2, 0) is 11.2 Å². The van der Waals surface area contributed by atoms with Crippen LogP contribution in [0.25, 0.3) is 11.3 Å². The van der Waals surface area contributed by atoms with Crippen LogP contribution < -0.4 is 10.6 Å². The summed E-state index contributed by atoms with van der Waals surface area (Å²) >= 11 is 3.51. The molecule has 1 fully saturated rings. The molecule has 2 N–H and O–H groups in total. The summed E-state index contributed by atoms with van der Waals surface area (Å²) in [5.74, 6) is 1.37. The number of aromatic nitrogens is 1. The predicted molar refractivity (Wildman–Crippen MR) is 96.6 cm³/mol. The Bertz CT molecular complexity index is 701. The molecule has 1 amide bonds. The number of piperidine rings is 1. The second-order valence-corrected chi connectivity index (χ2v) is 7.10. The zero-order chi connectivity index (χ0) is 16.9. The number of benzene rings is 1. The van der Waals surface area contributed by atoms with E-state index in [4.69, 9.17) is 4.42 Å². The molecule has 1 aromatic heterocycles. The number of oxazole rings is 1. The Hall–Kier alpha value is -1.66. The first kappa shape index (κ1) is 17.2. The van der Waals surface area contributed by atoms with Crippen molar-refractivity contribution in [2.45, 2.75) is 44.7 Å². The Morgan fingerprint density at radius 1 is 1.46 bits per heavy atom. The molecule has 0 spiro atoms. The third-order valence-electron chi connectivity index (χ3n) is 4.25. The molecule has 0 aliphatic carbocycles. The van der Waals surface area contributed by atoms with Crippen molar-refractivity contribution in [3.63, 3.8) is 0 Å². The van der Waals surface area contributed by atoms with E-state index < -0.39 is 0 Å². The van der Waals surface area contributed by atoms with Crippen molar-refractivity contribution >= 4 is 21.8 Å². The molecule has 0 bridgehead atoms. The highest BCUT2D eigenvalue weighted by molar-refractivity contribution is 9.10. The van der Waals surface area contributed by atoms with Crippen LogP contribution in [0.1, 0.15) is 32.1 Å². The normalized spacial score (nSPS) is 20.8. The number of carbonyl (C=O) groups excluding carboxylic acids is 1. The minimum atomic E-state index is 0.0646. The fourth-order valence-electron chi connectivity index (χ4n) is 2.99. The van der Waals surface area contributed by atoms with Gasteiger partial charge in [0.05, 0.1) is 6.20 Å². The van der Waals surface area contributed by atoms with Gasteiger partial charge in [-0.05, 0) is 32.4 Å². The van der Waals surface area contributed by atoms with E-state index in [0.29, 0.717) is 30.5 Å². The van der Waals surface area contributed by atoms with Gasteiger partial charge in [0, 0.05) is 35.0 Å². The number of amides is 1. The molecular weight excluding hydrogens is 370 g/mol. The SMILES string of the molecule is CC1CC(NC(=O)CCc2ncc(-c3ccccc3Br)o2)CCN1. The fourth-order valence-corrected chi connectivity index (χ4v) is 3.47. The minimum Gasteiger partial charge on any atom is -0.441 e. The molecule has 6 heteroatoms. The van der Waals surface area contributed by atoms with E-state index in [1.807, 2.05) is 24.3 Å². The Balaban J connectivity index is 1.52. The van der Waals surface area contributed by atoms with Crippen molar-refractivity contribution in [1.29, 1.82) is 0 Å². The van der Waals surface area contributed by atoms with Crippen LogP contribution in [0.5, 0.6) is 0 Å². The molecule has 3 rings (SSSR count). The lowest BCUT2D eigenvalue weighted by molar-refractivity contribution is -0.122. The van der Waals surface area contributed by atoms with Crippen molar-refractivity contribution in [2.24, 2.45) is 0 Å². The molecule has 1 aliphatic heterocycles. The molecule has 2 unspecified atom stereocenters. The van der Waals surface area contributed by atoms with Crippen molar-refractivity contribution in [2.75, 3.05) is 6.54 Å². The number of carbonyl (C=O) groups is 1. The van der Waals surface area contributed by atoms with Gasteiger partial charge in [-0.1, -0.05) is 34.1 Å². The zero-order valence-corrected chi connectivity index (χ0v) is 15.3. The fraction of sp³-hybridized carbons (Fsp3) is 0.444. The standard InChI is InChI=1S/C18H22BrN3O2/c1-12-10-13(8-9-20-12)22-17(23)6-7-18-21-11-16(24-18)14-4-2-3-5-15(14)19/h2-5,11-13,20H,6-10H2,1H3,(H,22,23). The quantitative estimate of drug-likeness (QED) is 0.820. The lowest BCUT2D eigenvalue weighted by Crippen LogP contribution is -2.46. The number of hydrogen-bond acceptors (Lipinski definition) is 4. The molecule has 1 aromatic carbocycles. The highest BCUT2D eigenvalue weighted by Gasteiger charge is 2.20. The van der Waals surface area contributed by atoms with Crippen molar-refractivity contribution in [3.05, 3.63) is 40.8 Å². The highest BCUT2D eigenvalue weighted by Crippen LogP contribution is 2.28. The van der Waals surface area contributed by atoms with Crippen molar-refractivity contribution < 1.29 is 9.21 Å². The maximum atomic E-state index is 12.1. The summed E-state index contributed by atoms with van der Waals surface area (Å²) in [6, 6.07) is 8.58. The van der Waals surface area contributed by atoms with Crippen LogP contribution in [-0.4, -0.2) is 29.5 Å². The number of aryl methyl sites for hydroxylation is 1. The molecule has 2 atom stereocenters. The second kappa shape index (κ2) is 7.94. The topological polar surface area (TPSA) is 67.2 Å². The molecule has 2 aromatic rings. The van der Waals surface area contributed by atoms with Crippen LogP contribution in [0.15, 0.2) is 39.4 Å². The maximum Gasteiger partial charge on any atom is 0.220 e. The molecule has 1 saturated heterocycles. The Labute approximate surface area is 150 Å². The zero-order valence-electron chi connectivity index (χ0n) is 13.7. The molecule has 1 aliphatic rings. The molecule has 2 heterocycles. The third-order valence-corrected chi connectivity index (χ3v) is 4.94. The van der Waals surface area contributed by atoms with Crippen molar-refractivity contribution in [3.8, 4) is 11.3 Å². The molecule has 0 saturated carbocycles. The van der Waals surface area contributed by atoms with Gasteiger partial charge in [0.1, 0.15) is 0 Å². The van der Waals surface area contributed by atoms with Gasteiger partial charge >= 0.3 is 0 Å². The Kier molecular flexibility index (Phi) is 5.68. The maximum absolute atomic E-state index is 12.1. The first-order chi connectivity index (χ1) is 11.6. The number of halogens is 1. The number of nitrogens with one attached hydrogen (secondary N) is 2. The highest BCUT2D eigenvalue weighted by atomic mass is 79.9. The van der Waals surface area contributed by atoms with Crippen LogP contribution in [0.4, 0.5) is 0 Å². The molecule has 24 heavy (non-hydrogen) atoms. The predicted octanol–water partition coefficient (Wildman–Crippen LogP) is 3.29. The summed E-state index contributed by atoms with van der Waals surface area (Å²) < 4.78 is 6.74. The molecule has 5 nitrogen and oxygen atoms in total. The number of rotatable bonds is 5. The van der Waals surface area contributed by atoms with Crippen LogP contribution in [0.3, 0.4) is 0 Å². The second-order valence-electron chi connectivity index (χ2n) is 6.24. The van der Waals surface area contributed by atoms with E-state index in [0.717, 1.165) is 29.4 Å². The largest absolute Gasteiger partial charge is 0.441 e. The lowest BCUT2D eigenvalue weighted by Gasteiger charge is -2.28. The van der Waals surface area contributed by atoms with Gasteiger partial charge < -0.3 is 15.1 Å². The summed E-state index contributed by atoms with van der Waals surface area (Å²) in [7, 11) is 0. The van der Waals surface area contributed by atoms with E-state index >= 15 is 0 Å². The summed E-state index contributed by atoms with van der Waals surface area (Å²) in [5.41, 5.74) is 0.962. The Morgan fingerprint density at radius 2 is 2.29 bits per heavy atom. The van der Waals surface area contributed by atoms with Crippen LogP contribution in [0, 0.1) is 0 Å². The average Bonchev–Trinajstić information content (AvgIpc) is 3.02. The van der Waals surface area contributed by atoms with Gasteiger partial charge in [0.25, 0.3) is 0 Å². The third kappa shape index (κ3) is 4.45. The monoisotopic (exact) mass is 391 g/mol. The van der Waals surface area contributed by atoms with Crippen molar-refractivity contribution in [1.82, 2.24) is 15.6 Å². The van der Waals surface area contributed by atoms with Crippen LogP contribution >= 0.6 is 15.9 Å². The minimum absolute atomic E-state index is 0.0646. The molecular formula is C18H22BrN3O2. The summed E-state index contributed by atoms with van der Waals surface area (Å²) in [5, 5.41) is 6.50. The first-order valence-electron chi connectivity index (χ1n) is 8.34. The summed E-state index contributed by atoms with van der Waals surface area (Å²) in [6.07, 6.45) is 4.59. The van der Waals surface area contributed by atoms with E-state index in [2.05, 4.69) is 38.5 Å². The number of hydrogen-bond donors (Lipinski definition) is 2. The van der Waals surface area contributed by atoms with E-state index in [9.17, 15) is 4.79 Å². The van der Waals surface area contributed by atoms with Gasteiger partial charge in [-0.15, -0.1) is 0 Å². The summed E-state index contributed by atoms with van der Waals surface area (Å²) in [4.78, 5) is 16.4. The van der Waals surface area contributed by atoms with Gasteiger partial charge in [-0.3, -0.25) is 4.79 Å². The van der Waals surface area contributed by atoms with Gasteiger partial charge in [-0.2, -0.15) is 0 Å².